The molecule has 1 aromatic rings. The number of aliphatic hydroxyl groups excluding tert-OH is 1. The lowest BCUT2D eigenvalue weighted by Crippen LogP contribution is -2.40. The summed E-state index contributed by atoms with van der Waals surface area (Å²) in [5.74, 6) is 0.538. The van der Waals surface area contributed by atoms with Crippen LogP contribution in [0.1, 0.15) is 48.6 Å². The fraction of sp³-hybridized carbons (Fsp3) is 0.667. The average molecular weight is 262 g/mol. The Morgan fingerprint density at radius 2 is 2.00 bits per heavy atom. The Hall–Kier alpha value is -1.29. The van der Waals surface area contributed by atoms with Crippen LogP contribution in [0.5, 0.6) is 0 Å². The highest BCUT2D eigenvalue weighted by Gasteiger charge is 2.27. The maximum atomic E-state index is 12.6. The minimum absolute atomic E-state index is 0.160. The Morgan fingerprint density at radius 1 is 1.26 bits per heavy atom. The van der Waals surface area contributed by atoms with E-state index in [1.165, 1.54) is 19.3 Å². The third-order valence-corrected chi connectivity index (χ3v) is 4.63. The summed E-state index contributed by atoms with van der Waals surface area (Å²) >= 11 is 0. The summed E-state index contributed by atoms with van der Waals surface area (Å²) in [6, 6.07) is 4.45. The first-order chi connectivity index (χ1) is 9.29. The van der Waals surface area contributed by atoms with Gasteiger partial charge in [0.05, 0.1) is 0 Å². The number of piperidine rings is 1. The van der Waals surface area contributed by atoms with Gasteiger partial charge in [-0.25, -0.2) is 0 Å². The molecule has 4 heteroatoms. The zero-order chi connectivity index (χ0) is 13.2. The molecule has 4 nitrogen and oxygen atoms in total. The average Bonchev–Trinajstić information content (AvgIpc) is 2.85. The van der Waals surface area contributed by atoms with Gasteiger partial charge in [-0.15, -0.1) is 0 Å². The zero-order valence-electron chi connectivity index (χ0n) is 11.3. The number of amides is 1. The van der Waals surface area contributed by atoms with E-state index in [-0.39, 0.29) is 12.5 Å². The third kappa shape index (κ3) is 2.41. The van der Waals surface area contributed by atoms with Crippen molar-refractivity contribution in [3.8, 4) is 0 Å². The Labute approximate surface area is 114 Å². The van der Waals surface area contributed by atoms with Crippen molar-refractivity contribution in [3.05, 3.63) is 24.0 Å². The predicted octanol–water partition coefficient (Wildman–Crippen LogP) is 2.06. The van der Waals surface area contributed by atoms with E-state index >= 15 is 0 Å². The fourth-order valence-corrected chi connectivity index (χ4v) is 3.04. The van der Waals surface area contributed by atoms with E-state index in [4.69, 9.17) is 5.11 Å². The lowest BCUT2D eigenvalue weighted by atomic mass is 9.92. The van der Waals surface area contributed by atoms with Crippen LogP contribution < -0.4 is 0 Å². The van der Waals surface area contributed by atoms with Gasteiger partial charge in [0.25, 0.3) is 5.91 Å². The van der Waals surface area contributed by atoms with Gasteiger partial charge in [-0.1, -0.05) is 0 Å². The van der Waals surface area contributed by atoms with Gasteiger partial charge in [0.1, 0.15) is 5.69 Å². The highest BCUT2D eigenvalue weighted by atomic mass is 16.3. The van der Waals surface area contributed by atoms with Crippen molar-refractivity contribution in [3.63, 3.8) is 0 Å². The van der Waals surface area contributed by atoms with Crippen molar-refractivity contribution in [1.82, 2.24) is 9.47 Å². The molecule has 0 atom stereocenters. The minimum Gasteiger partial charge on any atom is -0.396 e. The molecule has 1 saturated carbocycles. The van der Waals surface area contributed by atoms with Crippen LogP contribution in [0.2, 0.25) is 0 Å². The molecule has 1 aliphatic carbocycles. The maximum absolute atomic E-state index is 12.6. The highest BCUT2D eigenvalue weighted by molar-refractivity contribution is 5.92. The highest BCUT2D eigenvalue weighted by Crippen LogP contribution is 2.33. The molecule has 0 aromatic carbocycles. The Kier molecular flexibility index (Phi) is 3.60. The maximum Gasteiger partial charge on any atom is 0.270 e. The lowest BCUT2D eigenvalue weighted by Gasteiger charge is -2.33. The quantitative estimate of drug-likeness (QED) is 0.906. The van der Waals surface area contributed by atoms with Crippen LogP contribution in [0.25, 0.3) is 0 Å². The molecule has 19 heavy (non-hydrogen) atoms. The molecule has 0 radical (unpaired) electrons. The molecule has 1 saturated heterocycles. The topological polar surface area (TPSA) is 45.5 Å². The monoisotopic (exact) mass is 262 g/mol. The number of carbonyl (C=O) groups excluding carboxylic acids is 1. The van der Waals surface area contributed by atoms with E-state index in [1.807, 2.05) is 23.2 Å². The number of aromatic nitrogens is 1. The van der Waals surface area contributed by atoms with E-state index in [0.717, 1.165) is 31.6 Å². The molecule has 2 aliphatic rings. The van der Waals surface area contributed by atoms with Crippen molar-refractivity contribution in [2.24, 2.45) is 5.92 Å². The van der Waals surface area contributed by atoms with Crippen molar-refractivity contribution < 1.29 is 9.90 Å². The number of hydrogen-bond acceptors (Lipinski definition) is 2. The molecule has 1 N–H and O–H groups in total. The van der Waals surface area contributed by atoms with Gasteiger partial charge in [0, 0.05) is 31.9 Å². The van der Waals surface area contributed by atoms with Crippen LogP contribution in [0.15, 0.2) is 18.3 Å². The molecule has 3 rings (SSSR count). The second kappa shape index (κ2) is 5.37. The summed E-state index contributed by atoms with van der Waals surface area (Å²) in [6.07, 6.45) is 7.55. The first-order valence-corrected chi connectivity index (χ1v) is 7.36. The van der Waals surface area contributed by atoms with Crippen LogP contribution in [0.4, 0.5) is 0 Å². The second-order valence-electron chi connectivity index (χ2n) is 5.80. The van der Waals surface area contributed by atoms with Gasteiger partial charge >= 0.3 is 0 Å². The Morgan fingerprint density at radius 3 is 2.58 bits per heavy atom. The van der Waals surface area contributed by atoms with E-state index in [2.05, 4.69) is 4.57 Å². The van der Waals surface area contributed by atoms with Crippen molar-refractivity contribution >= 4 is 5.91 Å². The standard InChI is InChI=1S/C15H22N2O2/c18-11-12-6-9-16(10-7-12)15(19)14-5-2-8-17(14)13-3-1-4-13/h2,5,8,12-13,18H,1,3-4,6-7,9-11H2. The Bertz CT molecular complexity index is 443. The normalized spacial score (nSPS) is 21.4. The third-order valence-electron chi connectivity index (χ3n) is 4.63. The van der Waals surface area contributed by atoms with E-state index in [0.29, 0.717) is 12.0 Å². The SMILES string of the molecule is O=C(c1cccn1C1CCC1)N1CCC(CO)CC1. The van der Waals surface area contributed by atoms with Crippen molar-refractivity contribution in [2.45, 2.75) is 38.1 Å². The fourth-order valence-electron chi connectivity index (χ4n) is 3.04. The smallest absolute Gasteiger partial charge is 0.270 e. The van der Waals surface area contributed by atoms with Crippen LogP contribution >= 0.6 is 0 Å². The number of aliphatic hydroxyl groups is 1. The molecular formula is C15H22N2O2. The van der Waals surface area contributed by atoms with Gasteiger partial charge in [-0.05, 0) is 50.2 Å². The largest absolute Gasteiger partial charge is 0.396 e. The molecule has 0 spiro atoms. The lowest BCUT2D eigenvalue weighted by molar-refractivity contribution is 0.0635. The molecule has 2 heterocycles. The molecule has 1 amide bonds. The predicted molar refractivity (Wildman–Crippen MR) is 73.0 cm³/mol. The van der Waals surface area contributed by atoms with Gasteiger partial charge < -0.3 is 14.6 Å². The molecule has 1 aliphatic heterocycles. The van der Waals surface area contributed by atoms with E-state index in [1.54, 1.807) is 0 Å². The second-order valence-corrected chi connectivity index (χ2v) is 5.80. The van der Waals surface area contributed by atoms with Crippen LogP contribution in [0.3, 0.4) is 0 Å². The van der Waals surface area contributed by atoms with Gasteiger partial charge in [-0.2, -0.15) is 0 Å². The number of likely N-dealkylation sites (tertiary alicyclic amines) is 1. The summed E-state index contributed by atoms with van der Waals surface area (Å²) in [7, 11) is 0. The van der Waals surface area contributed by atoms with E-state index < -0.39 is 0 Å². The first-order valence-electron chi connectivity index (χ1n) is 7.36. The molecular weight excluding hydrogens is 240 g/mol. The molecule has 2 fully saturated rings. The number of carbonyl (C=O) groups is 1. The summed E-state index contributed by atoms with van der Waals surface area (Å²) in [4.78, 5) is 14.5. The summed E-state index contributed by atoms with van der Waals surface area (Å²) in [5.41, 5.74) is 0.840. The minimum atomic E-state index is 0.160. The Balaban J connectivity index is 1.68. The molecule has 1 aromatic heterocycles. The first kappa shape index (κ1) is 12.7. The van der Waals surface area contributed by atoms with Crippen molar-refractivity contribution in [1.29, 1.82) is 0 Å². The molecule has 104 valence electrons. The number of rotatable bonds is 3. The zero-order valence-corrected chi connectivity index (χ0v) is 11.3. The summed E-state index contributed by atoms with van der Waals surface area (Å²) in [6.45, 7) is 1.81. The summed E-state index contributed by atoms with van der Waals surface area (Å²) < 4.78 is 2.16. The van der Waals surface area contributed by atoms with Gasteiger partial charge in [-0.3, -0.25) is 4.79 Å². The van der Waals surface area contributed by atoms with Crippen molar-refractivity contribution in [2.75, 3.05) is 19.7 Å². The van der Waals surface area contributed by atoms with Crippen LogP contribution in [-0.4, -0.2) is 40.2 Å². The number of hydrogen-bond donors (Lipinski definition) is 1. The number of nitrogens with zero attached hydrogens (tertiary/aromatic N) is 2. The summed E-state index contributed by atoms with van der Waals surface area (Å²) in [5, 5.41) is 9.15. The van der Waals surface area contributed by atoms with E-state index in [9.17, 15) is 4.79 Å². The molecule has 0 unspecified atom stereocenters. The molecule has 0 bridgehead atoms. The van der Waals surface area contributed by atoms with Crippen LogP contribution in [0, 0.1) is 5.92 Å². The van der Waals surface area contributed by atoms with Gasteiger partial charge in [0.2, 0.25) is 0 Å². The van der Waals surface area contributed by atoms with Crippen LogP contribution in [-0.2, 0) is 0 Å². The van der Waals surface area contributed by atoms with Gasteiger partial charge in [0.15, 0.2) is 0 Å².